The lowest BCUT2D eigenvalue weighted by Crippen LogP contribution is -2.37. The lowest BCUT2D eigenvalue weighted by atomic mass is 10.0. The first-order valence-electron chi connectivity index (χ1n) is 5.86. The third-order valence-electron chi connectivity index (χ3n) is 3.27. The average molecular weight is 282 g/mol. The predicted molar refractivity (Wildman–Crippen MR) is 68.4 cm³/mol. The van der Waals surface area contributed by atoms with E-state index in [0.717, 1.165) is 6.26 Å². The van der Waals surface area contributed by atoms with Gasteiger partial charge in [-0.1, -0.05) is 0 Å². The van der Waals surface area contributed by atoms with Crippen LogP contribution in [0.15, 0.2) is 27.5 Å². The Hall–Kier alpha value is -1.44. The molecule has 1 unspecified atom stereocenters. The maximum absolute atomic E-state index is 11.5. The summed E-state index contributed by atoms with van der Waals surface area (Å²) in [6, 6.07) is 4.60. The van der Waals surface area contributed by atoms with Crippen molar-refractivity contribution in [2.75, 3.05) is 19.5 Å². The second-order valence-corrected chi connectivity index (χ2v) is 6.90. The highest BCUT2D eigenvalue weighted by Crippen LogP contribution is 2.30. The Labute approximate surface area is 110 Å². The van der Waals surface area contributed by atoms with Crippen LogP contribution in [-0.4, -0.2) is 32.9 Å². The molecule has 2 N–H and O–H groups in total. The smallest absolute Gasteiger partial charge is 0.218 e. The van der Waals surface area contributed by atoms with E-state index in [1.54, 1.807) is 6.07 Å². The molecule has 0 spiro atoms. The Balaban J connectivity index is 2.11. The van der Waals surface area contributed by atoms with Crippen molar-refractivity contribution in [1.82, 2.24) is 4.98 Å². The summed E-state index contributed by atoms with van der Waals surface area (Å²) in [5, 5.41) is 0. The molecule has 2 aromatic rings. The average Bonchev–Trinajstić information content (AvgIpc) is 2.93. The number of oxazole rings is 1. The van der Waals surface area contributed by atoms with Gasteiger partial charge < -0.3 is 14.9 Å². The van der Waals surface area contributed by atoms with Gasteiger partial charge in [0.25, 0.3) is 0 Å². The molecule has 1 aromatic heterocycles. The first-order valence-corrected chi connectivity index (χ1v) is 7.75. The molecule has 1 fully saturated rings. The van der Waals surface area contributed by atoms with Gasteiger partial charge in [0.1, 0.15) is 11.1 Å². The second kappa shape index (κ2) is 4.03. The number of hydrogen-bond donors (Lipinski definition) is 1. The number of nitrogens with two attached hydrogens (primary N) is 1. The van der Waals surface area contributed by atoms with E-state index < -0.39 is 15.4 Å². The van der Waals surface area contributed by atoms with E-state index in [-0.39, 0.29) is 4.90 Å². The van der Waals surface area contributed by atoms with Crippen LogP contribution < -0.4 is 5.73 Å². The Morgan fingerprint density at radius 3 is 2.84 bits per heavy atom. The topological polar surface area (TPSA) is 95.4 Å². The molecule has 0 saturated carbocycles. The summed E-state index contributed by atoms with van der Waals surface area (Å²) in [5.74, 6) is 0.394. The standard InChI is InChI=1S/C12H14N2O4S/c1-19(15,16)8-2-3-10-9(6-8)14-11(18-10)12(13)4-5-17-7-12/h2-3,6H,4-5,7,13H2,1H3. The molecule has 1 atom stereocenters. The summed E-state index contributed by atoms with van der Waals surface area (Å²) >= 11 is 0. The van der Waals surface area contributed by atoms with Crippen molar-refractivity contribution in [3.8, 4) is 0 Å². The molecule has 6 nitrogen and oxygen atoms in total. The zero-order valence-electron chi connectivity index (χ0n) is 10.4. The molecular formula is C12H14N2O4S. The van der Waals surface area contributed by atoms with Crippen LogP contribution in [0.5, 0.6) is 0 Å². The first-order chi connectivity index (χ1) is 8.88. The van der Waals surface area contributed by atoms with E-state index in [1.165, 1.54) is 12.1 Å². The molecule has 19 heavy (non-hydrogen) atoms. The molecule has 1 aromatic carbocycles. The minimum atomic E-state index is -3.26. The number of rotatable bonds is 2. The third kappa shape index (κ3) is 2.13. The van der Waals surface area contributed by atoms with Gasteiger partial charge in [0.15, 0.2) is 15.4 Å². The van der Waals surface area contributed by atoms with E-state index >= 15 is 0 Å². The summed E-state index contributed by atoms with van der Waals surface area (Å²) in [6.07, 6.45) is 1.79. The van der Waals surface area contributed by atoms with Crippen LogP contribution in [0.1, 0.15) is 12.3 Å². The van der Waals surface area contributed by atoms with E-state index in [4.69, 9.17) is 14.9 Å². The molecule has 0 radical (unpaired) electrons. The highest BCUT2D eigenvalue weighted by Gasteiger charge is 2.37. The van der Waals surface area contributed by atoms with Gasteiger partial charge in [-0.15, -0.1) is 0 Å². The van der Waals surface area contributed by atoms with Crippen molar-refractivity contribution in [3.05, 3.63) is 24.1 Å². The van der Waals surface area contributed by atoms with E-state index in [0.29, 0.717) is 36.6 Å². The molecule has 0 aliphatic carbocycles. The third-order valence-corrected chi connectivity index (χ3v) is 4.38. The Morgan fingerprint density at radius 2 is 2.21 bits per heavy atom. The van der Waals surface area contributed by atoms with Crippen LogP contribution in [0.2, 0.25) is 0 Å². The number of hydrogen-bond acceptors (Lipinski definition) is 6. The van der Waals surface area contributed by atoms with Gasteiger partial charge in [-0.25, -0.2) is 13.4 Å². The number of sulfone groups is 1. The second-order valence-electron chi connectivity index (χ2n) is 4.88. The maximum Gasteiger partial charge on any atom is 0.218 e. The molecule has 0 amide bonds. The predicted octanol–water partition coefficient (Wildman–Crippen LogP) is 0.806. The minimum Gasteiger partial charge on any atom is -0.439 e. The quantitative estimate of drug-likeness (QED) is 0.875. The number of benzene rings is 1. The molecular weight excluding hydrogens is 268 g/mol. The fourth-order valence-corrected chi connectivity index (χ4v) is 2.74. The van der Waals surface area contributed by atoms with Crippen LogP contribution in [0.25, 0.3) is 11.1 Å². The summed E-state index contributed by atoms with van der Waals surface area (Å²) in [6.45, 7) is 0.933. The molecule has 1 aliphatic heterocycles. The molecule has 1 aliphatic rings. The van der Waals surface area contributed by atoms with Gasteiger partial charge in [-0.3, -0.25) is 0 Å². The summed E-state index contributed by atoms with van der Waals surface area (Å²) in [5.41, 5.74) is 6.47. The van der Waals surface area contributed by atoms with Gasteiger partial charge in [-0.2, -0.15) is 0 Å². The zero-order valence-corrected chi connectivity index (χ0v) is 11.2. The van der Waals surface area contributed by atoms with Gasteiger partial charge in [0.05, 0.1) is 11.5 Å². The number of aromatic nitrogens is 1. The van der Waals surface area contributed by atoms with Gasteiger partial charge in [0, 0.05) is 12.9 Å². The lowest BCUT2D eigenvalue weighted by molar-refractivity contribution is 0.170. The normalized spacial score (nSPS) is 24.1. The Bertz CT molecular complexity index is 729. The van der Waals surface area contributed by atoms with E-state index in [2.05, 4.69) is 4.98 Å². The summed E-state index contributed by atoms with van der Waals surface area (Å²) in [4.78, 5) is 4.52. The summed E-state index contributed by atoms with van der Waals surface area (Å²) < 4.78 is 33.9. The fraction of sp³-hybridized carbons (Fsp3) is 0.417. The highest BCUT2D eigenvalue weighted by atomic mass is 32.2. The number of nitrogens with zero attached hydrogens (tertiary/aromatic N) is 1. The van der Waals surface area contributed by atoms with Crippen LogP contribution >= 0.6 is 0 Å². The van der Waals surface area contributed by atoms with Crippen molar-refractivity contribution in [1.29, 1.82) is 0 Å². The van der Waals surface area contributed by atoms with Gasteiger partial charge in [-0.05, 0) is 24.6 Å². The minimum absolute atomic E-state index is 0.216. The van der Waals surface area contributed by atoms with E-state index in [9.17, 15) is 8.42 Å². The van der Waals surface area contributed by atoms with Crippen molar-refractivity contribution in [2.24, 2.45) is 5.73 Å². The lowest BCUT2D eigenvalue weighted by Gasteiger charge is -2.16. The van der Waals surface area contributed by atoms with E-state index in [1.807, 2.05) is 0 Å². The highest BCUT2D eigenvalue weighted by molar-refractivity contribution is 7.90. The van der Waals surface area contributed by atoms with Crippen LogP contribution in [0.3, 0.4) is 0 Å². The van der Waals surface area contributed by atoms with Gasteiger partial charge >= 0.3 is 0 Å². The van der Waals surface area contributed by atoms with Crippen molar-refractivity contribution in [2.45, 2.75) is 16.9 Å². The van der Waals surface area contributed by atoms with Crippen LogP contribution in [0.4, 0.5) is 0 Å². The fourth-order valence-electron chi connectivity index (χ4n) is 2.10. The Kier molecular flexibility index (Phi) is 2.67. The van der Waals surface area contributed by atoms with Crippen LogP contribution in [-0.2, 0) is 20.1 Å². The maximum atomic E-state index is 11.5. The van der Waals surface area contributed by atoms with Crippen LogP contribution in [0, 0.1) is 0 Å². The zero-order chi connectivity index (χ0) is 13.7. The molecule has 0 bridgehead atoms. The number of fused-ring (bicyclic) bond motifs is 1. The van der Waals surface area contributed by atoms with Crippen molar-refractivity contribution < 1.29 is 17.6 Å². The molecule has 2 heterocycles. The molecule has 7 heteroatoms. The molecule has 1 saturated heterocycles. The Morgan fingerprint density at radius 1 is 1.42 bits per heavy atom. The largest absolute Gasteiger partial charge is 0.439 e. The SMILES string of the molecule is CS(=O)(=O)c1ccc2oc(C3(N)CCOC3)nc2c1. The summed E-state index contributed by atoms with van der Waals surface area (Å²) in [7, 11) is -3.26. The molecule has 3 rings (SSSR count). The van der Waals surface area contributed by atoms with Gasteiger partial charge in [0.2, 0.25) is 5.89 Å². The molecule has 102 valence electrons. The van der Waals surface area contributed by atoms with Crippen molar-refractivity contribution >= 4 is 20.9 Å². The monoisotopic (exact) mass is 282 g/mol. The first kappa shape index (κ1) is 12.6. The number of ether oxygens (including phenoxy) is 1. The van der Waals surface area contributed by atoms with Crippen molar-refractivity contribution in [3.63, 3.8) is 0 Å².